The molecule has 0 saturated carbocycles. The van der Waals surface area contributed by atoms with Crippen molar-refractivity contribution in [2.45, 2.75) is 46.6 Å². The molecule has 74 valence electrons. The second-order valence-corrected chi connectivity index (χ2v) is 4.62. The van der Waals surface area contributed by atoms with Gasteiger partial charge in [-0.15, -0.1) is 0 Å². The lowest BCUT2D eigenvalue weighted by Crippen LogP contribution is -2.30. The fraction of sp³-hybridized carbons (Fsp3) is 1.00. The van der Waals surface area contributed by atoms with Crippen LogP contribution in [0.15, 0.2) is 0 Å². The van der Waals surface area contributed by atoms with Gasteiger partial charge in [0.25, 0.3) is 0 Å². The maximum atomic E-state index is 9.55. The van der Waals surface area contributed by atoms with Crippen LogP contribution in [0.4, 0.5) is 0 Å². The maximum absolute atomic E-state index is 9.55. The molecule has 0 rings (SSSR count). The first-order chi connectivity index (χ1) is 5.45. The van der Waals surface area contributed by atoms with Crippen LogP contribution in [0, 0.1) is 5.41 Å². The van der Waals surface area contributed by atoms with Crippen LogP contribution in [-0.4, -0.2) is 24.3 Å². The topological polar surface area (TPSA) is 32.3 Å². The fourth-order valence-electron chi connectivity index (χ4n) is 1.22. The van der Waals surface area contributed by atoms with E-state index in [-0.39, 0.29) is 11.5 Å². The monoisotopic (exact) mass is 173 g/mol. The normalized spacial score (nSPS) is 14.8. The Morgan fingerprint density at radius 1 is 1.33 bits per heavy atom. The number of aliphatic hydroxyl groups is 1. The van der Waals surface area contributed by atoms with Crippen molar-refractivity contribution < 1.29 is 5.11 Å². The van der Waals surface area contributed by atoms with Gasteiger partial charge in [0, 0.05) is 6.54 Å². The van der Waals surface area contributed by atoms with Crippen molar-refractivity contribution in [3.05, 3.63) is 0 Å². The standard InChI is InChI=1S/C10H23NO/c1-5-6-11-8-9(12)7-10(2,3)4/h9,11-12H,5-8H2,1-4H3. The van der Waals surface area contributed by atoms with Crippen molar-refractivity contribution in [2.24, 2.45) is 5.41 Å². The minimum absolute atomic E-state index is 0.198. The van der Waals surface area contributed by atoms with Gasteiger partial charge in [-0.05, 0) is 24.8 Å². The Kier molecular flexibility index (Phi) is 5.51. The Morgan fingerprint density at radius 2 is 1.92 bits per heavy atom. The van der Waals surface area contributed by atoms with E-state index in [2.05, 4.69) is 33.0 Å². The molecule has 0 radical (unpaired) electrons. The lowest BCUT2D eigenvalue weighted by molar-refractivity contribution is 0.120. The smallest absolute Gasteiger partial charge is 0.0669 e. The zero-order valence-electron chi connectivity index (χ0n) is 8.85. The molecule has 12 heavy (non-hydrogen) atoms. The lowest BCUT2D eigenvalue weighted by Gasteiger charge is -2.22. The summed E-state index contributed by atoms with van der Waals surface area (Å²) in [5.74, 6) is 0. The summed E-state index contributed by atoms with van der Waals surface area (Å²) < 4.78 is 0. The van der Waals surface area contributed by atoms with E-state index < -0.39 is 0 Å². The summed E-state index contributed by atoms with van der Waals surface area (Å²) >= 11 is 0. The third kappa shape index (κ3) is 8.02. The number of hydrogen-bond donors (Lipinski definition) is 2. The van der Waals surface area contributed by atoms with Gasteiger partial charge in [-0.1, -0.05) is 27.7 Å². The molecule has 2 heteroatoms. The highest BCUT2D eigenvalue weighted by molar-refractivity contribution is 4.69. The molecule has 2 nitrogen and oxygen atoms in total. The van der Waals surface area contributed by atoms with Crippen LogP contribution in [0.3, 0.4) is 0 Å². The van der Waals surface area contributed by atoms with Crippen LogP contribution in [0.1, 0.15) is 40.5 Å². The van der Waals surface area contributed by atoms with Crippen LogP contribution in [-0.2, 0) is 0 Å². The van der Waals surface area contributed by atoms with E-state index in [9.17, 15) is 5.11 Å². The predicted octanol–water partition coefficient (Wildman–Crippen LogP) is 1.78. The van der Waals surface area contributed by atoms with Gasteiger partial charge >= 0.3 is 0 Å². The molecule has 0 aromatic carbocycles. The molecule has 2 N–H and O–H groups in total. The molecule has 1 unspecified atom stereocenters. The Bertz CT molecular complexity index is 107. The average Bonchev–Trinajstić information content (AvgIpc) is 1.84. The molecule has 1 atom stereocenters. The molecule has 0 aromatic heterocycles. The molecule has 0 spiro atoms. The van der Waals surface area contributed by atoms with Crippen molar-refractivity contribution >= 4 is 0 Å². The molecule has 0 aliphatic carbocycles. The predicted molar refractivity (Wildman–Crippen MR) is 53.2 cm³/mol. The summed E-state index contributed by atoms with van der Waals surface area (Å²) in [7, 11) is 0. The Morgan fingerprint density at radius 3 is 2.33 bits per heavy atom. The van der Waals surface area contributed by atoms with Crippen LogP contribution in [0.25, 0.3) is 0 Å². The summed E-state index contributed by atoms with van der Waals surface area (Å²) in [5, 5.41) is 12.8. The summed E-state index contributed by atoms with van der Waals surface area (Å²) in [5.41, 5.74) is 0.229. The number of rotatable bonds is 5. The minimum Gasteiger partial charge on any atom is -0.392 e. The summed E-state index contributed by atoms with van der Waals surface area (Å²) in [6.45, 7) is 10.3. The highest BCUT2D eigenvalue weighted by atomic mass is 16.3. The molecule has 0 aliphatic rings. The van der Waals surface area contributed by atoms with Crippen molar-refractivity contribution in [1.29, 1.82) is 0 Å². The van der Waals surface area contributed by atoms with E-state index in [1.807, 2.05) is 0 Å². The Hall–Kier alpha value is -0.0800. The fourth-order valence-corrected chi connectivity index (χ4v) is 1.22. The maximum Gasteiger partial charge on any atom is 0.0669 e. The van der Waals surface area contributed by atoms with E-state index in [0.29, 0.717) is 0 Å². The van der Waals surface area contributed by atoms with Crippen LogP contribution in [0.2, 0.25) is 0 Å². The first-order valence-corrected chi connectivity index (χ1v) is 4.84. The van der Waals surface area contributed by atoms with E-state index in [1.54, 1.807) is 0 Å². The number of nitrogens with one attached hydrogen (secondary N) is 1. The quantitative estimate of drug-likeness (QED) is 0.621. The molecular formula is C10H23NO. The highest BCUT2D eigenvalue weighted by Crippen LogP contribution is 2.20. The lowest BCUT2D eigenvalue weighted by atomic mass is 9.89. The first kappa shape index (κ1) is 11.9. The third-order valence-corrected chi connectivity index (χ3v) is 1.65. The van der Waals surface area contributed by atoms with Crippen LogP contribution < -0.4 is 5.32 Å². The van der Waals surface area contributed by atoms with E-state index >= 15 is 0 Å². The van der Waals surface area contributed by atoms with Crippen molar-refractivity contribution in [1.82, 2.24) is 5.32 Å². The SMILES string of the molecule is CCCNCC(O)CC(C)(C)C. The summed E-state index contributed by atoms with van der Waals surface area (Å²) in [6, 6.07) is 0. The van der Waals surface area contributed by atoms with Crippen molar-refractivity contribution in [3.8, 4) is 0 Å². The third-order valence-electron chi connectivity index (χ3n) is 1.65. The zero-order valence-corrected chi connectivity index (χ0v) is 8.85. The van der Waals surface area contributed by atoms with Gasteiger partial charge in [0.2, 0.25) is 0 Å². The van der Waals surface area contributed by atoms with Crippen molar-refractivity contribution in [3.63, 3.8) is 0 Å². The molecule has 0 aromatic rings. The molecule has 0 amide bonds. The average molecular weight is 173 g/mol. The van der Waals surface area contributed by atoms with E-state index in [0.717, 1.165) is 25.9 Å². The van der Waals surface area contributed by atoms with Crippen molar-refractivity contribution in [2.75, 3.05) is 13.1 Å². The first-order valence-electron chi connectivity index (χ1n) is 4.84. The van der Waals surface area contributed by atoms with Gasteiger partial charge in [0.05, 0.1) is 6.10 Å². The van der Waals surface area contributed by atoms with Crippen LogP contribution >= 0.6 is 0 Å². The zero-order chi connectivity index (χ0) is 9.61. The molecule has 0 bridgehead atoms. The summed E-state index contributed by atoms with van der Waals surface area (Å²) in [6.07, 6.45) is 1.79. The molecular weight excluding hydrogens is 150 g/mol. The number of aliphatic hydroxyl groups excluding tert-OH is 1. The van der Waals surface area contributed by atoms with Gasteiger partial charge < -0.3 is 10.4 Å². The largest absolute Gasteiger partial charge is 0.392 e. The van der Waals surface area contributed by atoms with Gasteiger partial charge in [0.15, 0.2) is 0 Å². The second kappa shape index (κ2) is 5.55. The Labute approximate surface area is 76.4 Å². The minimum atomic E-state index is -0.198. The molecule has 0 fully saturated rings. The van der Waals surface area contributed by atoms with Gasteiger partial charge in [-0.3, -0.25) is 0 Å². The summed E-state index contributed by atoms with van der Waals surface area (Å²) in [4.78, 5) is 0. The van der Waals surface area contributed by atoms with Gasteiger partial charge in [-0.25, -0.2) is 0 Å². The molecule has 0 aliphatic heterocycles. The number of hydrogen-bond acceptors (Lipinski definition) is 2. The van der Waals surface area contributed by atoms with Gasteiger partial charge in [0.1, 0.15) is 0 Å². The highest BCUT2D eigenvalue weighted by Gasteiger charge is 2.15. The van der Waals surface area contributed by atoms with Crippen LogP contribution in [0.5, 0.6) is 0 Å². The van der Waals surface area contributed by atoms with E-state index in [4.69, 9.17) is 0 Å². The Balaban J connectivity index is 3.40. The van der Waals surface area contributed by atoms with E-state index in [1.165, 1.54) is 0 Å². The second-order valence-electron chi connectivity index (χ2n) is 4.62. The molecule has 0 saturated heterocycles. The molecule has 0 heterocycles. The van der Waals surface area contributed by atoms with Gasteiger partial charge in [-0.2, -0.15) is 0 Å².